The van der Waals surface area contributed by atoms with Crippen molar-refractivity contribution in [3.63, 3.8) is 0 Å². The van der Waals surface area contributed by atoms with Crippen molar-refractivity contribution in [1.82, 2.24) is 0 Å². The minimum Gasteiger partial charge on any atom is -0.489 e. The number of aryl methyl sites for hydroxylation is 1. The molecule has 1 amide bonds. The van der Waals surface area contributed by atoms with Crippen LogP contribution in [0.2, 0.25) is 10.0 Å². The first-order valence-corrected chi connectivity index (χ1v) is 12.5. The van der Waals surface area contributed by atoms with Gasteiger partial charge in [-0.05, 0) is 67.1 Å². The minimum atomic E-state index is -0.554. The molecule has 0 atom stereocenters. The van der Waals surface area contributed by atoms with E-state index in [2.05, 4.69) is 5.32 Å². The van der Waals surface area contributed by atoms with Crippen LogP contribution >= 0.6 is 23.2 Å². The molecule has 38 heavy (non-hydrogen) atoms. The van der Waals surface area contributed by atoms with Crippen LogP contribution in [-0.4, -0.2) is 5.91 Å². The van der Waals surface area contributed by atoms with E-state index in [0.29, 0.717) is 46.0 Å². The van der Waals surface area contributed by atoms with Crippen LogP contribution < -0.4 is 14.8 Å². The predicted octanol–water partition coefficient (Wildman–Crippen LogP) is 8.01. The van der Waals surface area contributed by atoms with Crippen LogP contribution in [0.4, 0.5) is 5.69 Å². The van der Waals surface area contributed by atoms with E-state index in [0.717, 1.165) is 16.7 Å². The zero-order valence-electron chi connectivity index (χ0n) is 20.6. The molecule has 0 saturated heterocycles. The van der Waals surface area contributed by atoms with Crippen molar-refractivity contribution in [2.75, 3.05) is 5.32 Å². The third kappa shape index (κ3) is 7.39. The number of rotatable bonds is 9. The van der Waals surface area contributed by atoms with Crippen LogP contribution in [0.3, 0.4) is 0 Å². The first kappa shape index (κ1) is 26.8. The summed E-state index contributed by atoms with van der Waals surface area (Å²) in [5.74, 6) is 0.576. The third-order valence-electron chi connectivity index (χ3n) is 5.58. The van der Waals surface area contributed by atoms with Gasteiger partial charge in [0, 0.05) is 26.9 Å². The topological polar surface area (TPSA) is 71.3 Å². The normalized spacial score (nSPS) is 10.9. The number of nitrogens with zero attached hydrogens (tertiary/aromatic N) is 1. The van der Waals surface area contributed by atoms with Crippen molar-refractivity contribution in [2.24, 2.45) is 0 Å². The maximum atomic E-state index is 12.9. The largest absolute Gasteiger partial charge is 0.489 e. The van der Waals surface area contributed by atoms with Crippen molar-refractivity contribution in [2.45, 2.75) is 20.1 Å². The molecule has 7 heteroatoms. The smallest absolute Gasteiger partial charge is 0.266 e. The van der Waals surface area contributed by atoms with Crippen molar-refractivity contribution in [1.29, 1.82) is 5.26 Å². The monoisotopic (exact) mass is 542 g/mol. The van der Waals surface area contributed by atoms with Gasteiger partial charge in [0.2, 0.25) is 0 Å². The van der Waals surface area contributed by atoms with Crippen LogP contribution in [0.25, 0.3) is 6.08 Å². The van der Waals surface area contributed by atoms with Gasteiger partial charge in [-0.1, -0.05) is 71.2 Å². The fraction of sp³-hybridized carbons (Fsp3) is 0.0968. The standard InChI is InChI=1S/C31H24Cl2N2O3/c1-21-5-4-6-22(15-21)19-38-30-14-9-26(32)17-24(30)16-25(18-34)31(36)35-27-10-12-28(13-11-27)37-20-23-7-2-3-8-29(23)33/h2-17H,19-20H2,1H3,(H,35,36)/b25-16+. The quantitative estimate of drug-likeness (QED) is 0.172. The Kier molecular flexibility index (Phi) is 9.05. The average Bonchev–Trinajstić information content (AvgIpc) is 2.91. The molecule has 0 aliphatic rings. The summed E-state index contributed by atoms with van der Waals surface area (Å²) in [6, 6.07) is 29.3. The van der Waals surface area contributed by atoms with Gasteiger partial charge < -0.3 is 14.8 Å². The number of hydrogen-bond acceptors (Lipinski definition) is 4. The Morgan fingerprint density at radius 2 is 1.71 bits per heavy atom. The van der Waals surface area contributed by atoms with Crippen molar-refractivity contribution >= 4 is 40.9 Å². The summed E-state index contributed by atoms with van der Waals surface area (Å²) in [7, 11) is 0. The summed E-state index contributed by atoms with van der Waals surface area (Å²) < 4.78 is 11.8. The van der Waals surface area contributed by atoms with E-state index in [9.17, 15) is 10.1 Å². The van der Waals surface area contributed by atoms with E-state index in [-0.39, 0.29) is 5.57 Å². The SMILES string of the molecule is Cc1cccc(COc2ccc(Cl)cc2/C=C(\C#N)C(=O)Nc2ccc(OCc3ccccc3Cl)cc2)c1. The minimum absolute atomic E-state index is 0.0910. The zero-order chi connectivity index (χ0) is 26.9. The first-order valence-electron chi connectivity index (χ1n) is 11.8. The Labute approximate surface area is 231 Å². The van der Waals surface area contributed by atoms with Crippen LogP contribution in [-0.2, 0) is 18.0 Å². The molecule has 5 nitrogen and oxygen atoms in total. The lowest BCUT2D eigenvalue weighted by molar-refractivity contribution is -0.112. The fourth-order valence-electron chi connectivity index (χ4n) is 3.64. The third-order valence-corrected chi connectivity index (χ3v) is 6.18. The van der Waals surface area contributed by atoms with E-state index < -0.39 is 5.91 Å². The van der Waals surface area contributed by atoms with Gasteiger partial charge in [-0.15, -0.1) is 0 Å². The van der Waals surface area contributed by atoms with Gasteiger partial charge in [0.05, 0.1) is 0 Å². The summed E-state index contributed by atoms with van der Waals surface area (Å²) in [5, 5.41) is 13.5. The highest BCUT2D eigenvalue weighted by molar-refractivity contribution is 6.31. The first-order chi connectivity index (χ1) is 18.4. The Bertz CT molecular complexity index is 1510. The lowest BCUT2D eigenvalue weighted by Crippen LogP contribution is -2.13. The summed E-state index contributed by atoms with van der Waals surface area (Å²) in [4.78, 5) is 12.9. The number of carbonyl (C=O) groups is 1. The number of amides is 1. The Morgan fingerprint density at radius 3 is 2.45 bits per heavy atom. The van der Waals surface area contributed by atoms with Gasteiger partial charge in [0.15, 0.2) is 0 Å². The molecule has 4 rings (SSSR count). The van der Waals surface area contributed by atoms with Crippen LogP contribution in [0.5, 0.6) is 11.5 Å². The van der Waals surface area contributed by atoms with Gasteiger partial charge >= 0.3 is 0 Å². The molecule has 0 aliphatic heterocycles. The highest BCUT2D eigenvalue weighted by Crippen LogP contribution is 2.27. The number of ether oxygens (including phenoxy) is 2. The van der Waals surface area contributed by atoms with E-state index in [1.165, 1.54) is 6.08 Å². The van der Waals surface area contributed by atoms with Crippen molar-refractivity contribution in [3.05, 3.63) is 129 Å². The average molecular weight is 543 g/mol. The van der Waals surface area contributed by atoms with Gasteiger partial charge in [-0.25, -0.2) is 0 Å². The molecular formula is C31H24Cl2N2O3. The lowest BCUT2D eigenvalue weighted by Gasteiger charge is -2.11. The van der Waals surface area contributed by atoms with Gasteiger partial charge in [-0.3, -0.25) is 4.79 Å². The fourth-order valence-corrected chi connectivity index (χ4v) is 4.01. The summed E-state index contributed by atoms with van der Waals surface area (Å²) in [6.45, 7) is 2.67. The maximum absolute atomic E-state index is 12.9. The molecule has 0 aromatic heterocycles. The molecule has 1 N–H and O–H groups in total. The molecule has 4 aromatic carbocycles. The number of benzene rings is 4. The molecule has 0 heterocycles. The Balaban J connectivity index is 1.43. The molecule has 0 unspecified atom stereocenters. The second-order valence-corrected chi connectivity index (χ2v) is 9.33. The van der Waals surface area contributed by atoms with Gasteiger partial charge in [-0.2, -0.15) is 5.26 Å². The van der Waals surface area contributed by atoms with Gasteiger partial charge in [0.25, 0.3) is 5.91 Å². The molecule has 0 radical (unpaired) electrons. The zero-order valence-corrected chi connectivity index (χ0v) is 22.1. The predicted molar refractivity (Wildman–Crippen MR) is 151 cm³/mol. The number of halogens is 2. The molecule has 0 aliphatic carbocycles. The van der Waals surface area contributed by atoms with Crippen molar-refractivity contribution in [3.8, 4) is 17.6 Å². The number of anilines is 1. The summed E-state index contributed by atoms with van der Waals surface area (Å²) in [6.07, 6.45) is 1.47. The maximum Gasteiger partial charge on any atom is 0.266 e. The molecule has 0 bridgehead atoms. The van der Waals surface area contributed by atoms with E-state index in [1.54, 1.807) is 42.5 Å². The highest BCUT2D eigenvalue weighted by Gasteiger charge is 2.13. The van der Waals surface area contributed by atoms with Crippen molar-refractivity contribution < 1.29 is 14.3 Å². The molecule has 190 valence electrons. The highest BCUT2D eigenvalue weighted by atomic mass is 35.5. The van der Waals surface area contributed by atoms with E-state index in [4.69, 9.17) is 32.7 Å². The second-order valence-electron chi connectivity index (χ2n) is 8.49. The summed E-state index contributed by atoms with van der Waals surface area (Å²) >= 11 is 12.4. The summed E-state index contributed by atoms with van der Waals surface area (Å²) in [5.41, 5.74) is 3.96. The molecule has 0 saturated carbocycles. The Morgan fingerprint density at radius 1 is 0.921 bits per heavy atom. The second kappa shape index (κ2) is 12.8. The van der Waals surface area contributed by atoms with Crippen LogP contribution in [0.1, 0.15) is 22.3 Å². The van der Waals surface area contributed by atoms with E-state index in [1.807, 2.05) is 61.5 Å². The number of carbonyl (C=O) groups excluding carboxylic acids is 1. The number of nitriles is 1. The number of hydrogen-bond donors (Lipinski definition) is 1. The molecule has 0 spiro atoms. The van der Waals surface area contributed by atoms with Gasteiger partial charge in [0.1, 0.15) is 36.4 Å². The van der Waals surface area contributed by atoms with Crippen LogP contribution in [0, 0.1) is 18.3 Å². The molecular weight excluding hydrogens is 519 g/mol. The molecule has 4 aromatic rings. The Hall–Kier alpha value is -4.24. The van der Waals surface area contributed by atoms with E-state index >= 15 is 0 Å². The molecule has 0 fully saturated rings. The lowest BCUT2D eigenvalue weighted by atomic mass is 10.1. The van der Waals surface area contributed by atoms with Crippen LogP contribution in [0.15, 0.2) is 96.6 Å². The number of nitrogens with one attached hydrogen (secondary N) is 1.